The van der Waals surface area contributed by atoms with Gasteiger partial charge in [0.1, 0.15) is 0 Å². The minimum atomic E-state index is -0.913. The largest absolute Gasteiger partial charge is 3.00 e. The number of carbonyl (C=O) groups is 2. The van der Waals surface area contributed by atoms with Crippen molar-refractivity contribution >= 4 is 29.3 Å². The van der Waals surface area contributed by atoms with E-state index < -0.39 is 11.9 Å². The maximum absolute atomic E-state index is 10.0. The molecule has 152 valence electrons. The van der Waals surface area contributed by atoms with E-state index in [4.69, 9.17) is 0 Å². The smallest absolute Gasteiger partial charge is 0.870 e. The molecule has 0 aliphatic rings. The first kappa shape index (κ1) is 33.1. The molecule has 0 bridgehead atoms. The molecule has 0 aliphatic heterocycles. The summed E-state index contributed by atoms with van der Waals surface area (Å²) in [5.41, 5.74) is 0. The van der Waals surface area contributed by atoms with Crippen LogP contribution in [0.4, 0.5) is 0 Å². The van der Waals surface area contributed by atoms with E-state index in [1.165, 1.54) is 64.2 Å². The monoisotopic (exact) mass is 386 g/mol. The standard InChI is InChI=1S/2C10H20O2.Al.H2O/c2*1-2-3-4-5-6-7-8-9-10(11)12;;/h2*2-9H2,1H3,(H,11,12);;1H2/q;;+3;/p-3. The fourth-order valence-corrected chi connectivity index (χ4v) is 2.45. The van der Waals surface area contributed by atoms with E-state index in [-0.39, 0.29) is 35.7 Å². The van der Waals surface area contributed by atoms with Crippen molar-refractivity contribution in [3.63, 3.8) is 0 Å². The average Bonchev–Trinajstić information content (AvgIpc) is 2.53. The third-order valence-corrected chi connectivity index (χ3v) is 3.97. The molecule has 0 heterocycles. The van der Waals surface area contributed by atoms with Gasteiger partial charge in [-0.2, -0.15) is 0 Å². The Morgan fingerprint density at radius 1 is 0.538 bits per heavy atom. The van der Waals surface area contributed by atoms with Crippen molar-refractivity contribution in [2.75, 3.05) is 0 Å². The van der Waals surface area contributed by atoms with E-state index >= 15 is 0 Å². The molecule has 0 aromatic heterocycles. The van der Waals surface area contributed by atoms with E-state index in [0.29, 0.717) is 0 Å². The summed E-state index contributed by atoms with van der Waals surface area (Å²) >= 11 is 0. The molecule has 0 atom stereocenters. The minimum Gasteiger partial charge on any atom is -0.870 e. The number of hydrogen-bond acceptors (Lipinski definition) is 5. The fraction of sp³-hybridized carbons (Fsp3) is 0.900. The van der Waals surface area contributed by atoms with E-state index in [0.717, 1.165) is 25.7 Å². The van der Waals surface area contributed by atoms with Gasteiger partial charge in [-0.05, 0) is 25.7 Å². The zero-order valence-corrected chi connectivity index (χ0v) is 18.1. The van der Waals surface area contributed by atoms with E-state index in [1.54, 1.807) is 0 Å². The maximum Gasteiger partial charge on any atom is 3.00 e. The van der Waals surface area contributed by atoms with Gasteiger partial charge in [0.05, 0.1) is 0 Å². The minimum absolute atomic E-state index is 0. The van der Waals surface area contributed by atoms with Gasteiger partial charge in [0.2, 0.25) is 0 Å². The molecule has 0 amide bonds. The van der Waals surface area contributed by atoms with Crippen molar-refractivity contribution < 1.29 is 25.3 Å². The predicted molar refractivity (Wildman–Crippen MR) is 103 cm³/mol. The third-order valence-electron chi connectivity index (χ3n) is 3.97. The normalized spacial score (nSPS) is 9.31. The second kappa shape index (κ2) is 29.2. The molecule has 0 aliphatic carbocycles. The van der Waals surface area contributed by atoms with Crippen molar-refractivity contribution in [2.24, 2.45) is 0 Å². The van der Waals surface area contributed by atoms with Crippen molar-refractivity contribution in [3.05, 3.63) is 0 Å². The van der Waals surface area contributed by atoms with Gasteiger partial charge in [-0.1, -0.05) is 90.9 Å². The van der Waals surface area contributed by atoms with Crippen LogP contribution in [0.3, 0.4) is 0 Å². The van der Waals surface area contributed by atoms with Crippen LogP contribution in [0.5, 0.6) is 0 Å². The molecule has 0 saturated heterocycles. The van der Waals surface area contributed by atoms with E-state index in [1.807, 2.05) is 0 Å². The van der Waals surface area contributed by atoms with Crippen molar-refractivity contribution in [2.45, 2.75) is 117 Å². The second-order valence-electron chi connectivity index (χ2n) is 6.49. The van der Waals surface area contributed by atoms with E-state index in [2.05, 4.69) is 13.8 Å². The van der Waals surface area contributed by atoms with Gasteiger partial charge in [0.15, 0.2) is 0 Å². The van der Waals surface area contributed by atoms with Gasteiger partial charge in [0.25, 0.3) is 0 Å². The van der Waals surface area contributed by atoms with Gasteiger partial charge in [0, 0.05) is 11.9 Å². The Hall–Kier alpha value is -0.568. The summed E-state index contributed by atoms with van der Waals surface area (Å²) < 4.78 is 0. The Morgan fingerprint density at radius 2 is 0.769 bits per heavy atom. The Balaban J connectivity index is -0.000000173. The number of hydrogen-bond donors (Lipinski definition) is 0. The molecule has 0 saturated carbocycles. The Labute approximate surface area is 171 Å². The summed E-state index contributed by atoms with van der Waals surface area (Å²) in [6.45, 7) is 4.38. The molecule has 26 heavy (non-hydrogen) atoms. The molecule has 6 heteroatoms. The molecule has 0 spiro atoms. The molecule has 0 rings (SSSR count). The van der Waals surface area contributed by atoms with Crippen LogP contribution in [-0.2, 0) is 9.59 Å². The van der Waals surface area contributed by atoms with Crippen LogP contribution in [0.15, 0.2) is 0 Å². The first-order valence-electron chi connectivity index (χ1n) is 9.94. The number of aliphatic carboxylic acids is 2. The fourth-order valence-electron chi connectivity index (χ4n) is 2.45. The predicted octanol–water partition coefficient (Wildman–Crippen LogP) is 3.20. The summed E-state index contributed by atoms with van der Waals surface area (Å²) in [4.78, 5) is 20.0. The van der Waals surface area contributed by atoms with Crippen LogP contribution in [0, 0.1) is 0 Å². The SMILES string of the molecule is CCCCCCCCCC(=O)[O-].CCCCCCCCCC(=O)[O-].[Al+3].[OH-]. The van der Waals surface area contributed by atoms with Gasteiger partial charge >= 0.3 is 17.4 Å². The van der Waals surface area contributed by atoms with Crippen LogP contribution >= 0.6 is 0 Å². The number of unbranched alkanes of at least 4 members (excludes halogenated alkanes) is 12. The topological polar surface area (TPSA) is 110 Å². The first-order valence-corrected chi connectivity index (χ1v) is 9.94. The summed E-state index contributed by atoms with van der Waals surface area (Å²) in [5.74, 6) is -1.83. The molecule has 0 unspecified atom stereocenters. The summed E-state index contributed by atoms with van der Waals surface area (Å²) in [7, 11) is 0. The number of carboxylic acid groups (broad SMARTS) is 2. The van der Waals surface area contributed by atoms with E-state index in [9.17, 15) is 19.8 Å². The summed E-state index contributed by atoms with van der Waals surface area (Å²) in [6.07, 6.45) is 16.7. The van der Waals surface area contributed by atoms with Gasteiger partial charge in [-0.25, -0.2) is 0 Å². The van der Waals surface area contributed by atoms with Crippen LogP contribution in [0.2, 0.25) is 0 Å². The zero-order valence-electron chi connectivity index (χ0n) is 17.0. The van der Waals surface area contributed by atoms with Crippen LogP contribution in [0.25, 0.3) is 0 Å². The maximum atomic E-state index is 10.0. The Kier molecular flexibility index (Phi) is 37.1. The summed E-state index contributed by atoms with van der Waals surface area (Å²) in [5, 5.41) is 20.0. The molecule has 0 radical (unpaired) electrons. The first-order chi connectivity index (χ1) is 11.5. The molecule has 1 N–H and O–H groups in total. The van der Waals surface area contributed by atoms with Crippen molar-refractivity contribution in [1.29, 1.82) is 0 Å². The molecular weight excluding hydrogens is 347 g/mol. The molecule has 0 aromatic rings. The van der Waals surface area contributed by atoms with Gasteiger partial charge in [-0.3, -0.25) is 0 Å². The number of carbonyl (C=O) groups excluding carboxylic acids is 2. The zero-order chi connectivity index (χ0) is 18.5. The average molecular weight is 387 g/mol. The number of carboxylic acids is 2. The molecule has 0 fully saturated rings. The quantitative estimate of drug-likeness (QED) is 0.299. The Morgan fingerprint density at radius 3 is 1.00 bits per heavy atom. The molecule has 0 aromatic carbocycles. The van der Waals surface area contributed by atoms with Gasteiger partial charge < -0.3 is 25.3 Å². The summed E-state index contributed by atoms with van der Waals surface area (Å²) in [6, 6.07) is 0. The number of rotatable bonds is 16. The van der Waals surface area contributed by atoms with Crippen molar-refractivity contribution in [3.8, 4) is 0 Å². The second-order valence-corrected chi connectivity index (χ2v) is 6.49. The molecular formula is C20H39AlO5. The van der Waals surface area contributed by atoms with Crippen molar-refractivity contribution in [1.82, 2.24) is 0 Å². The van der Waals surface area contributed by atoms with Crippen LogP contribution in [-0.4, -0.2) is 34.8 Å². The van der Waals surface area contributed by atoms with Crippen LogP contribution in [0.1, 0.15) is 117 Å². The molecule has 5 nitrogen and oxygen atoms in total. The van der Waals surface area contributed by atoms with Gasteiger partial charge in [-0.15, -0.1) is 0 Å². The Bertz CT molecular complexity index is 257. The third kappa shape index (κ3) is 38.8. The van der Waals surface area contributed by atoms with Crippen LogP contribution < -0.4 is 10.2 Å².